The molecule has 1 saturated heterocycles. The number of pyridine rings is 1. The molecule has 0 bridgehead atoms. The van der Waals surface area contributed by atoms with Crippen LogP contribution in [0.1, 0.15) is 12.8 Å². The summed E-state index contributed by atoms with van der Waals surface area (Å²) in [4.78, 5) is 4.15. The highest BCUT2D eigenvalue weighted by molar-refractivity contribution is 8.00. The summed E-state index contributed by atoms with van der Waals surface area (Å²) >= 11 is 13.8. The van der Waals surface area contributed by atoms with Crippen molar-refractivity contribution >= 4 is 40.8 Å². The molecule has 0 aliphatic carbocycles. The molecule has 0 saturated carbocycles. The Labute approximate surface area is 104 Å². The topological polar surface area (TPSA) is 24.9 Å². The Kier molecular flexibility index (Phi) is 4.00. The third kappa shape index (κ3) is 3.16. The molecule has 82 valence electrons. The predicted octanol–water partition coefficient (Wildman–Crippen LogP) is 3.70. The highest BCUT2D eigenvalue weighted by Gasteiger charge is 2.15. The second-order valence-corrected chi connectivity index (χ2v) is 5.75. The third-order valence-corrected chi connectivity index (χ3v) is 4.22. The van der Waals surface area contributed by atoms with Crippen LogP contribution in [0.25, 0.3) is 0 Å². The van der Waals surface area contributed by atoms with Gasteiger partial charge in [0.2, 0.25) is 0 Å². The van der Waals surface area contributed by atoms with Gasteiger partial charge in [-0.2, -0.15) is 11.8 Å². The normalized spacial score (nSPS) is 20.5. The maximum absolute atomic E-state index is 6.00. The predicted molar refractivity (Wildman–Crippen MR) is 68.2 cm³/mol. The molecule has 1 aliphatic heterocycles. The molecule has 1 aliphatic rings. The van der Waals surface area contributed by atoms with Crippen LogP contribution in [0, 0.1) is 0 Å². The Hall–Kier alpha value is -0.120. The van der Waals surface area contributed by atoms with E-state index in [0.717, 1.165) is 12.4 Å². The van der Waals surface area contributed by atoms with Crippen molar-refractivity contribution in [3.63, 3.8) is 0 Å². The standard InChI is InChI=1S/C10H12Cl2N2S/c11-7-4-9(12)10(13-5-7)14-6-8-2-1-3-15-8/h4-5,8H,1-3,6H2,(H,13,14). The van der Waals surface area contributed by atoms with Gasteiger partial charge in [-0.05, 0) is 24.7 Å². The zero-order chi connectivity index (χ0) is 10.7. The minimum atomic E-state index is 0.570. The van der Waals surface area contributed by atoms with E-state index in [1.807, 2.05) is 11.8 Å². The number of hydrogen-bond acceptors (Lipinski definition) is 3. The van der Waals surface area contributed by atoms with Gasteiger partial charge in [-0.1, -0.05) is 23.2 Å². The first-order valence-corrected chi connectivity index (χ1v) is 6.72. The zero-order valence-corrected chi connectivity index (χ0v) is 10.5. The monoisotopic (exact) mass is 262 g/mol. The number of halogens is 2. The number of rotatable bonds is 3. The highest BCUT2D eigenvalue weighted by atomic mass is 35.5. The Bertz CT molecular complexity index is 340. The molecule has 0 radical (unpaired) electrons. The van der Waals surface area contributed by atoms with Crippen molar-refractivity contribution in [2.75, 3.05) is 17.6 Å². The van der Waals surface area contributed by atoms with Gasteiger partial charge >= 0.3 is 0 Å². The summed E-state index contributed by atoms with van der Waals surface area (Å²) in [5.74, 6) is 2.00. The van der Waals surface area contributed by atoms with E-state index < -0.39 is 0 Å². The van der Waals surface area contributed by atoms with Crippen LogP contribution in [-0.2, 0) is 0 Å². The van der Waals surface area contributed by atoms with E-state index in [-0.39, 0.29) is 0 Å². The fourth-order valence-corrected chi connectivity index (χ4v) is 3.21. The molecule has 1 fully saturated rings. The van der Waals surface area contributed by atoms with E-state index >= 15 is 0 Å². The molecule has 0 amide bonds. The minimum Gasteiger partial charge on any atom is -0.368 e. The first kappa shape index (κ1) is 11.4. The van der Waals surface area contributed by atoms with Crippen LogP contribution in [0.15, 0.2) is 12.3 Å². The number of hydrogen-bond donors (Lipinski definition) is 1. The quantitative estimate of drug-likeness (QED) is 0.900. The summed E-state index contributed by atoms with van der Waals surface area (Å²) in [5.41, 5.74) is 0. The Balaban J connectivity index is 1.92. The Morgan fingerprint density at radius 1 is 1.53 bits per heavy atom. The van der Waals surface area contributed by atoms with Gasteiger partial charge in [-0.25, -0.2) is 4.98 Å². The second-order valence-electron chi connectivity index (χ2n) is 3.50. The lowest BCUT2D eigenvalue weighted by atomic mass is 10.2. The van der Waals surface area contributed by atoms with Crippen LogP contribution in [0.4, 0.5) is 5.82 Å². The van der Waals surface area contributed by atoms with Gasteiger partial charge in [0.1, 0.15) is 5.82 Å². The Morgan fingerprint density at radius 3 is 3.07 bits per heavy atom. The van der Waals surface area contributed by atoms with Gasteiger partial charge in [0, 0.05) is 18.0 Å². The average molecular weight is 263 g/mol. The lowest BCUT2D eigenvalue weighted by Gasteiger charge is -2.11. The third-order valence-electron chi connectivity index (χ3n) is 2.33. The maximum atomic E-state index is 6.00. The summed E-state index contributed by atoms with van der Waals surface area (Å²) in [7, 11) is 0. The van der Waals surface area contributed by atoms with Crippen LogP contribution in [0.3, 0.4) is 0 Å². The summed E-state index contributed by atoms with van der Waals surface area (Å²) in [6.07, 6.45) is 4.21. The smallest absolute Gasteiger partial charge is 0.144 e. The van der Waals surface area contributed by atoms with E-state index in [0.29, 0.717) is 15.3 Å². The van der Waals surface area contributed by atoms with E-state index in [2.05, 4.69) is 10.3 Å². The molecular weight excluding hydrogens is 251 g/mol. The molecule has 2 heterocycles. The van der Waals surface area contributed by atoms with Crippen LogP contribution in [0.2, 0.25) is 10.0 Å². The van der Waals surface area contributed by atoms with Crippen LogP contribution in [-0.4, -0.2) is 22.5 Å². The number of aromatic nitrogens is 1. The molecule has 2 nitrogen and oxygen atoms in total. The molecule has 1 unspecified atom stereocenters. The van der Waals surface area contributed by atoms with Crippen molar-refractivity contribution in [2.24, 2.45) is 0 Å². The molecule has 2 rings (SSSR count). The molecular formula is C10H12Cl2N2S. The summed E-state index contributed by atoms with van der Waals surface area (Å²) in [5, 5.41) is 5.11. The molecule has 0 aromatic carbocycles. The first-order chi connectivity index (χ1) is 7.25. The van der Waals surface area contributed by atoms with E-state index in [1.165, 1.54) is 18.6 Å². The first-order valence-electron chi connectivity index (χ1n) is 4.92. The maximum Gasteiger partial charge on any atom is 0.144 e. The fourth-order valence-electron chi connectivity index (χ4n) is 1.56. The number of nitrogens with one attached hydrogen (secondary N) is 1. The molecule has 15 heavy (non-hydrogen) atoms. The van der Waals surface area contributed by atoms with Crippen molar-refractivity contribution in [2.45, 2.75) is 18.1 Å². The number of nitrogens with zero attached hydrogens (tertiary/aromatic N) is 1. The van der Waals surface area contributed by atoms with Crippen LogP contribution < -0.4 is 5.32 Å². The van der Waals surface area contributed by atoms with E-state index in [4.69, 9.17) is 23.2 Å². The number of anilines is 1. The lowest BCUT2D eigenvalue weighted by Crippen LogP contribution is -2.14. The molecule has 5 heteroatoms. The van der Waals surface area contributed by atoms with Gasteiger partial charge in [-0.3, -0.25) is 0 Å². The average Bonchev–Trinajstić information content (AvgIpc) is 2.69. The van der Waals surface area contributed by atoms with Crippen molar-refractivity contribution in [3.05, 3.63) is 22.3 Å². The van der Waals surface area contributed by atoms with Gasteiger partial charge in [-0.15, -0.1) is 0 Å². The zero-order valence-electron chi connectivity index (χ0n) is 8.17. The van der Waals surface area contributed by atoms with E-state index in [9.17, 15) is 0 Å². The summed E-state index contributed by atoms with van der Waals surface area (Å²) in [6.45, 7) is 0.930. The van der Waals surface area contributed by atoms with Crippen LogP contribution in [0.5, 0.6) is 0 Å². The lowest BCUT2D eigenvalue weighted by molar-refractivity contribution is 0.803. The van der Waals surface area contributed by atoms with Crippen molar-refractivity contribution in [1.29, 1.82) is 0 Å². The largest absolute Gasteiger partial charge is 0.368 e. The second kappa shape index (κ2) is 5.28. The van der Waals surface area contributed by atoms with Gasteiger partial charge in [0.15, 0.2) is 0 Å². The highest BCUT2D eigenvalue weighted by Crippen LogP contribution is 2.27. The fraction of sp³-hybridized carbons (Fsp3) is 0.500. The molecule has 1 N–H and O–H groups in total. The van der Waals surface area contributed by atoms with Crippen molar-refractivity contribution < 1.29 is 0 Å². The number of thioether (sulfide) groups is 1. The SMILES string of the molecule is Clc1cnc(NCC2CCCS2)c(Cl)c1. The van der Waals surface area contributed by atoms with E-state index in [1.54, 1.807) is 12.3 Å². The van der Waals surface area contributed by atoms with Gasteiger partial charge in [0.05, 0.1) is 10.0 Å². The Morgan fingerprint density at radius 2 is 2.40 bits per heavy atom. The summed E-state index contributed by atoms with van der Waals surface area (Å²) < 4.78 is 0. The van der Waals surface area contributed by atoms with Crippen molar-refractivity contribution in [1.82, 2.24) is 4.98 Å². The van der Waals surface area contributed by atoms with Crippen molar-refractivity contribution in [3.8, 4) is 0 Å². The molecule has 1 aromatic heterocycles. The van der Waals surface area contributed by atoms with Crippen LogP contribution >= 0.6 is 35.0 Å². The van der Waals surface area contributed by atoms with Gasteiger partial charge in [0.25, 0.3) is 0 Å². The molecule has 1 atom stereocenters. The minimum absolute atomic E-state index is 0.570. The molecule has 0 spiro atoms. The summed E-state index contributed by atoms with van der Waals surface area (Å²) in [6, 6.07) is 1.71. The van der Waals surface area contributed by atoms with Gasteiger partial charge < -0.3 is 5.32 Å². The molecule has 1 aromatic rings.